The molecule has 1 atom stereocenters. The van der Waals surface area contributed by atoms with Gasteiger partial charge in [0, 0.05) is 32.7 Å². The summed E-state index contributed by atoms with van der Waals surface area (Å²) < 4.78 is 19.5. The Labute approximate surface area is 136 Å². The van der Waals surface area contributed by atoms with Gasteiger partial charge in [0.05, 0.1) is 36.1 Å². The van der Waals surface area contributed by atoms with E-state index in [2.05, 4.69) is 4.90 Å². The molecular formula is C17H24FN3O2. The minimum absolute atomic E-state index is 0.112. The number of β-amino-alcohol motifs (C(OH)–C–C–N with tert-alkyl or cyclic N) is 1. The number of nitriles is 1. The Morgan fingerprint density at radius 2 is 2.00 bits per heavy atom. The molecule has 0 saturated carbocycles. The maximum absolute atomic E-state index is 14.0. The highest BCUT2D eigenvalue weighted by atomic mass is 19.1. The molecule has 0 radical (unpaired) electrons. The third-order valence-electron chi connectivity index (χ3n) is 3.88. The number of piperazine rings is 1. The van der Waals surface area contributed by atoms with Crippen LogP contribution in [0.2, 0.25) is 0 Å². The van der Waals surface area contributed by atoms with Crippen molar-refractivity contribution >= 4 is 5.69 Å². The van der Waals surface area contributed by atoms with E-state index in [0.717, 1.165) is 13.1 Å². The molecule has 126 valence electrons. The van der Waals surface area contributed by atoms with Crippen LogP contribution in [0, 0.1) is 17.1 Å². The summed E-state index contributed by atoms with van der Waals surface area (Å²) in [6.07, 6.45) is -0.392. The van der Waals surface area contributed by atoms with Crippen LogP contribution in [-0.2, 0) is 4.74 Å². The number of aliphatic hydroxyl groups is 1. The van der Waals surface area contributed by atoms with Crippen LogP contribution in [0.5, 0.6) is 0 Å². The van der Waals surface area contributed by atoms with E-state index in [4.69, 9.17) is 10.00 Å². The third-order valence-corrected chi connectivity index (χ3v) is 3.88. The second-order valence-electron chi connectivity index (χ2n) is 6.10. The monoisotopic (exact) mass is 321 g/mol. The minimum atomic E-state index is -0.504. The molecule has 1 unspecified atom stereocenters. The number of nitrogens with zero attached hydrogens (tertiary/aromatic N) is 3. The number of benzene rings is 1. The van der Waals surface area contributed by atoms with Gasteiger partial charge in [-0.15, -0.1) is 0 Å². The Bertz CT molecular complexity index is 551. The number of halogens is 1. The predicted molar refractivity (Wildman–Crippen MR) is 86.9 cm³/mol. The van der Waals surface area contributed by atoms with Gasteiger partial charge in [0.15, 0.2) is 0 Å². The number of ether oxygens (including phenoxy) is 1. The van der Waals surface area contributed by atoms with Crippen LogP contribution in [0.3, 0.4) is 0 Å². The van der Waals surface area contributed by atoms with Crippen molar-refractivity contribution < 1.29 is 14.2 Å². The van der Waals surface area contributed by atoms with Crippen molar-refractivity contribution in [3.8, 4) is 6.07 Å². The predicted octanol–water partition coefficient (Wildman–Crippen LogP) is 1.61. The highest BCUT2D eigenvalue weighted by Gasteiger charge is 2.21. The molecule has 6 heteroatoms. The molecule has 1 aromatic rings. The molecule has 23 heavy (non-hydrogen) atoms. The largest absolute Gasteiger partial charge is 0.389 e. The molecule has 0 aromatic heterocycles. The second kappa shape index (κ2) is 8.25. The van der Waals surface area contributed by atoms with Gasteiger partial charge in [0.25, 0.3) is 0 Å². The average molecular weight is 321 g/mol. The van der Waals surface area contributed by atoms with Crippen LogP contribution in [0.25, 0.3) is 0 Å². The van der Waals surface area contributed by atoms with E-state index in [1.54, 1.807) is 12.1 Å². The van der Waals surface area contributed by atoms with Crippen LogP contribution < -0.4 is 4.90 Å². The van der Waals surface area contributed by atoms with Gasteiger partial charge in [-0.3, -0.25) is 4.90 Å². The fourth-order valence-electron chi connectivity index (χ4n) is 2.66. The first-order chi connectivity index (χ1) is 11.0. The average Bonchev–Trinajstić information content (AvgIpc) is 2.54. The lowest BCUT2D eigenvalue weighted by Crippen LogP contribution is -2.49. The molecule has 1 aliphatic rings. The molecule has 0 aliphatic carbocycles. The standard InChI is InChI=1S/C17H24FN3O2/c1-13(2)23-12-15(22)11-20-5-7-21(8-6-20)17-4-3-14(10-19)9-16(17)18/h3-4,9,13,15,22H,5-8,11-12H2,1-2H3. The summed E-state index contributed by atoms with van der Waals surface area (Å²) in [6.45, 7) is 7.70. The van der Waals surface area contributed by atoms with Gasteiger partial charge in [-0.05, 0) is 32.0 Å². The first-order valence-electron chi connectivity index (χ1n) is 7.96. The van der Waals surface area contributed by atoms with Crippen LogP contribution >= 0.6 is 0 Å². The summed E-state index contributed by atoms with van der Waals surface area (Å²) >= 11 is 0. The molecule has 1 fully saturated rings. The SMILES string of the molecule is CC(C)OCC(O)CN1CCN(c2ccc(C#N)cc2F)CC1. The number of rotatable bonds is 6. The van der Waals surface area contributed by atoms with Gasteiger partial charge in [0.2, 0.25) is 0 Å². The van der Waals surface area contributed by atoms with Gasteiger partial charge in [-0.25, -0.2) is 4.39 Å². The number of hydrogen-bond donors (Lipinski definition) is 1. The van der Waals surface area contributed by atoms with Crippen molar-refractivity contribution in [3.05, 3.63) is 29.6 Å². The first-order valence-corrected chi connectivity index (χ1v) is 7.96. The molecular weight excluding hydrogens is 297 g/mol. The van der Waals surface area contributed by atoms with Gasteiger partial charge in [-0.1, -0.05) is 0 Å². The van der Waals surface area contributed by atoms with Crippen molar-refractivity contribution in [2.75, 3.05) is 44.2 Å². The second-order valence-corrected chi connectivity index (χ2v) is 6.10. The van der Waals surface area contributed by atoms with Gasteiger partial charge >= 0.3 is 0 Å². The van der Waals surface area contributed by atoms with Crippen molar-refractivity contribution in [2.24, 2.45) is 0 Å². The molecule has 1 aliphatic heterocycles. The van der Waals surface area contributed by atoms with Crippen LogP contribution in [0.15, 0.2) is 18.2 Å². The molecule has 0 spiro atoms. The van der Waals surface area contributed by atoms with Crippen molar-refractivity contribution in [3.63, 3.8) is 0 Å². The summed E-state index contributed by atoms with van der Waals surface area (Å²) in [4.78, 5) is 4.14. The lowest BCUT2D eigenvalue weighted by atomic mass is 10.1. The van der Waals surface area contributed by atoms with E-state index in [-0.39, 0.29) is 11.9 Å². The van der Waals surface area contributed by atoms with Crippen molar-refractivity contribution in [2.45, 2.75) is 26.1 Å². The number of hydrogen-bond acceptors (Lipinski definition) is 5. The maximum atomic E-state index is 14.0. The summed E-state index contributed by atoms with van der Waals surface area (Å²) in [7, 11) is 0. The van der Waals surface area contributed by atoms with Crippen LogP contribution in [0.1, 0.15) is 19.4 Å². The Morgan fingerprint density at radius 3 is 2.57 bits per heavy atom. The Kier molecular flexibility index (Phi) is 6.34. The molecule has 1 heterocycles. The smallest absolute Gasteiger partial charge is 0.147 e. The normalized spacial score (nSPS) is 17.3. The molecule has 1 saturated heterocycles. The van der Waals surface area contributed by atoms with E-state index >= 15 is 0 Å². The topological polar surface area (TPSA) is 59.7 Å². The summed E-state index contributed by atoms with van der Waals surface area (Å²) in [5, 5.41) is 18.8. The quantitative estimate of drug-likeness (QED) is 0.862. The van der Waals surface area contributed by atoms with E-state index < -0.39 is 6.10 Å². The van der Waals surface area contributed by atoms with Crippen LogP contribution in [0.4, 0.5) is 10.1 Å². The third kappa shape index (κ3) is 5.17. The zero-order chi connectivity index (χ0) is 16.8. The lowest BCUT2D eigenvalue weighted by molar-refractivity contribution is -0.00900. The lowest BCUT2D eigenvalue weighted by Gasteiger charge is -2.37. The first kappa shape index (κ1) is 17.7. The molecule has 0 amide bonds. The molecule has 2 rings (SSSR count). The molecule has 1 N–H and O–H groups in total. The van der Waals surface area contributed by atoms with Crippen molar-refractivity contribution in [1.82, 2.24) is 4.90 Å². The maximum Gasteiger partial charge on any atom is 0.147 e. The zero-order valence-electron chi connectivity index (χ0n) is 13.7. The Morgan fingerprint density at radius 1 is 1.30 bits per heavy atom. The van der Waals surface area contributed by atoms with E-state index in [1.165, 1.54) is 6.07 Å². The molecule has 1 aromatic carbocycles. The molecule has 5 nitrogen and oxygen atoms in total. The summed E-state index contributed by atoms with van der Waals surface area (Å²) in [5.74, 6) is -0.358. The van der Waals surface area contributed by atoms with Gasteiger partial charge < -0.3 is 14.7 Å². The highest BCUT2D eigenvalue weighted by Crippen LogP contribution is 2.21. The zero-order valence-corrected chi connectivity index (χ0v) is 13.7. The highest BCUT2D eigenvalue weighted by molar-refractivity contribution is 5.51. The van der Waals surface area contributed by atoms with Crippen molar-refractivity contribution in [1.29, 1.82) is 5.26 Å². The Balaban J connectivity index is 1.83. The van der Waals surface area contributed by atoms with Gasteiger partial charge in [0.1, 0.15) is 5.82 Å². The Hall–Kier alpha value is -1.68. The fourth-order valence-corrected chi connectivity index (χ4v) is 2.66. The van der Waals surface area contributed by atoms with E-state index in [0.29, 0.717) is 37.5 Å². The van der Waals surface area contributed by atoms with Crippen LogP contribution in [-0.4, -0.2) is 61.5 Å². The summed E-state index contributed by atoms with van der Waals surface area (Å²) in [5.41, 5.74) is 0.866. The number of aliphatic hydroxyl groups excluding tert-OH is 1. The summed E-state index contributed by atoms with van der Waals surface area (Å²) in [6, 6.07) is 6.51. The van der Waals surface area contributed by atoms with Gasteiger partial charge in [-0.2, -0.15) is 5.26 Å². The molecule has 0 bridgehead atoms. The minimum Gasteiger partial charge on any atom is -0.389 e. The van der Waals surface area contributed by atoms with E-state index in [1.807, 2.05) is 24.8 Å². The fraction of sp³-hybridized carbons (Fsp3) is 0.588. The van der Waals surface area contributed by atoms with E-state index in [9.17, 15) is 9.50 Å². The number of anilines is 1.